The molecule has 0 aromatic carbocycles. The Morgan fingerprint density at radius 3 is 2.68 bits per heavy atom. The van der Waals surface area contributed by atoms with Crippen LogP contribution in [0.25, 0.3) is 0 Å². The van der Waals surface area contributed by atoms with E-state index in [2.05, 4.69) is 37.9 Å². The van der Waals surface area contributed by atoms with Crippen LogP contribution in [0, 0.1) is 0 Å². The summed E-state index contributed by atoms with van der Waals surface area (Å²) in [6.07, 6.45) is 0.858. The van der Waals surface area contributed by atoms with E-state index in [9.17, 15) is 4.79 Å². The summed E-state index contributed by atoms with van der Waals surface area (Å²) >= 11 is 5.29. The van der Waals surface area contributed by atoms with E-state index in [0.717, 1.165) is 39.1 Å². The molecule has 0 spiro atoms. The van der Waals surface area contributed by atoms with Crippen molar-refractivity contribution in [2.24, 2.45) is 0 Å². The van der Waals surface area contributed by atoms with Crippen molar-refractivity contribution in [2.45, 2.75) is 19.0 Å². The third-order valence-electron chi connectivity index (χ3n) is 3.76. The lowest BCUT2D eigenvalue weighted by Gasteiger charge is -2.36. The molecule has 2 saturated heterocycles. The Morgan fingerprint density at radius 1 is 1.32 bits per heavy atom. The van der Waals surface area contributed by atoms with Crippen LogP contribution in [0.15, 0.2) is 15.9 Å². The van der Waals surface area contributed by atoms with Gasteiger partial charge in [-0.2, -0.15) is 0 Å². The highest BCUT2D eigenvalue weighted by Gasteiger charge is 2.33. The molecule has 0 aliphatic carbocycles. The normalized spacial score (nSPS) is 25.7. The number of hydrogen-bond acceptors (Lipinski definition) is 5. The minimum atomic E-state index is -0.0318. The average molecular weight is 345 g/mol. The Bertz CT molecular complexity index is 457. The van der Waals surface area contributed by atoms with Crippen molar-refractivity contribution in [2.75, 3.05) is 32.8 Å². The molecule has 0 saturated carbocycles. The van der Waals surface area contributed by atoms with Gasteiger partial charge in [-0.1, -0.05) is 0 Å². The van der Waals surface area contributed by atoms with Crippen molar-refractivity contribution in [3.8, 4) is 0 Å². The second-order valence-electron chi connectivity index (χ2n) is 4.99. The van der Waals surface area contributed by atoms with Crippen molar-refractivity contribution in [1.29, 1.82) is 0 Å². The molecule has 1 unspecified atom stereocenters. The fourth-order valence-corrected chi connectivity index (χ4v) is 4.23. The van der Waals surface area contributed by atoms with Gasteiger partial charge < -0.3 is 4.74 Å². The average Bonchev–Trinajstić information content (AvgIpc) is 3.00. The second-order valence-corrected chi connectivity index (χ2v) is 7.54. The van der Waals surface area contributed by atoms with Gasteiger partial charge in [-0.15, -0.1) is 11.3 Å². The predicted octanol–water partition coefficient (Wildman–Crippen LogP) is 1.94. The molecule has 19 heavy (non-hydrogen) atoms. The number of rotatable bonds is 3. The van der Waals surface area contributed by atoms with Gasteiger partial charge in [-0.3, -0.25) is 14.6 Å². The fraction of sp³-hybridized carbons (Fsp3) is 0.615. The van der Waals surface area contributed by atoms with Crippen LogP contribution in [-0.4, -0.2) is 54.6 Å². The van der Waals surface area contributed by atoms with Crippen molar-refractivity contribution in [1.82, 2.24) is 9.80 Å². The van der Waals surface area contributed by atoms with Gasteiger partial charge in [0.25, 0.3) is 0 Å². The van der Waals surface area contributed by atoms with Gasteiger partial charge in [0, 0.05) is 44.0 Å². The van der Waals surface area contributed by atoms with E-state index in [0.29, 0.717) is 6.61 Å². The molecule has 2 aliphatic heterocycles. The van der Waals surface area contributed by atoms with Crippen molar-refractivity contribution in [3.05, 3.63) is 20.8 Å². The van der Waals surface area contributed by atoms with E-state index in [1.165, 1.54) is 8.66 Å². The maximum atomic E-state index is 11.6. The number of piperazine rings is 1. The molecule has 6 heteroatoms. The third kappa shape index (κ3) is 3.18. The summed E-state index contributed by atoms with van der Waals surface area (Å²) in [5.41, 5.74) is 0. The largest absolute Gasteiger partial charge is 0.464 e. The lowest BCUT2D eigenvalue weighted by atomic mass is 10.2. The van der Waals surface area contributed by atoms with Crippen LogP contribution in [0.3, 0.4) is 0 Å². The van der Waals surface area contributed by atoms with E-state index >= 15 is 0 Å². The molecule has 2 aliphatic rings. The van der Waals surface area contributed by atoms with Gasteiger partial charge in [0.1, 0.15) is 6.04 Å². The summed E-state index contributed by atoms with van der Waals surface area (Å²) < 4.78 is 6.24. The first-order chi connectivity index (χ1) is 9.22. The lowest BCUT2D eigenvalue weighted by molar-refractivity contribution is -0.142. The molecular formula is C13H17BrN2O2S. The number of halogens is 1. The molecule has 0 radical (unpaired) electrons. The Hall–Kier alpha value is -0.430. The summed E-state index contributed by atoms with van der Waals surface area (Å²) in [5.74, 6) is -0.0318. The zero-order valence-electron chi connectivity index (χ0n) is 10.7. The molecule has 3 heterocycles. The number of thiophene rings is 1. The van der Waals surface area contributed by atoms with Gasteiger partial charge in [-0.25, -0.2) is 0 Å². The van der Waals surface area contributed by atoms with E-state index in [4.69, 9.17) is 4.74 Å². The first-order valence-corrected chi connectivity index (χ1v) is 8.20. The van der Waals surface area contributed by atoms with Gasteiger partial charge >= 0.3 is 5.97 Å². The molecule has 3 rings (SSSR count). The molecule has 0 bridgehead atoms. The molecule has 0 amide bonds. The van der Waals surface area contributed by atoms with Gasteiger partial charge in [0.15, 0.2) is 0 Å². The quantitative estimate of drug-likeness (QED) is 0.784. The molecule has 104 valence electrons. The fourth-order valence-electron chi connectivity index (χ4n) is 2.71. The Kier molecular flexibility index (Phi) is 4.21. The summed E-state index contributed by atoms with van der Waals surface area (Å²) in [6, 6.07) is 4.29. The Labute approximate surface area is 125 Å². The van der Waals surface area contributed by atoms with Crippen molar-refractivity contribution in [3.63, 3.8) is 0 Å². The molecule has 4 nitrogen and oxygen atoms in total. The maximum Gasteiger partial charge on any atom is 0.323 e. The number of nitrogens with zero attached hydrogens (tertiary/aromatic N) is 2. The number of cyclic esters (lactones) is 1. The van der Waals surface area contributed by atoms with Gasteiger partial charge in [-0.05, 0) is 28.1 Å². The molecule has 1 aromatic heterocycles. The van der Waals surface area contributed by atoms with Crippen LogP contribution >= 0.6 is 27.3 Å². The molecular weight excluding hydrogens is 328 g/mol. The van der Waals surface area contributed by atoms with Crippen LogP contribution in [0.5, 0.6) is 0 Å². The number of hydrogen-bond donors (Lipinski definition) is 0. The van der Waals surface area contributed by atoms with E-state index in [1.54, 1.807) is 11.3 Å². The zero-order chi connectivity index (χ0) is 13.2. The van der Waals surface area contributed by atoms with Crippen LogP contribution < -0.4 is 0 Å². The molecule has 2 fully saturated rings. The number of esters is 1. The van der Waals surface area contributed by atoms with E-state index < -0.39 is 0 Å². The summed E-state index contributed by atoms with van der Waals surface area (Å²) in [4.78, 5) is 17.7. The lowest BCUT2D eigenvalue weighted by Crippen LogP contribution is -2.51. The topological polar surface area (TPSA) is 32.8 Å². The standard InChI is InChI=1S/C13H17BrN2O2S/c14-12-2-1-10(19-12)9-15-4-6-16(7-5-15)11-3-8-18-13(11)17/h1-2,11H,3-9H2. The van der Waals surface area contributed by atoms with E-state index in [1.807, 2.05) is 0 Å². The number of carbonyl (C=O) groups excluding carboxylic acids is 1. The summed E-state index contributed by atoms with van der Waals surface area (Å²) in [6.45, 7) is 5.59. The number of ether oxygens (including phenoxy) is 1. The third-order valence-corrected chi connectivity index (χ3v) is 5.37. The molecule has 0 N–H and O–H groups in total. The minimum Gasteiger partial charge on any atom is -0.464 e. The monoisotopic (exact) mass is 344 g/mol. The highest BCUT2D eigenvalue weighted by molar-refractivity contribution is 9.11. The van der Waals surface area contributed by atoms with Gasteiger partial charge in [0.05, 0.1) is 10.4 Å². The van der Waals surface area contributed by atoms with Crippen LogP contribution in [0.1, 0.15) is 11.3 Å². The highest BCUT2D eigenvalue weighted by Crippen LogP contribution is 2.24. The first kappa shape index (κ1) is 13.5. The zero-order valence-corrected chi connectivity index (χ0v) is 13.1. The van der Waals surface area contributed by atoms with E-state index in [-0.39, 0.29) is 12.0 Å². The first-order valence-electron chi connectivity index (χ1n) is 6.59. The van der Waals surface area contributed by atoms with Crippen LogP contribution in [-0.2, 0) is 16.1 Å². The molecule has 1 aromatic rings. The van der Waals surface area contributed by atoms with Gasteiger partial charge in [0.2, 0.25) is 0 Å². The number of carbonyl (C=O) groups is 1. The van der Waals surface area contributed by atoms with Crippen molar-refractivity contribution < 1.29 is 9.53 Å². The maximum absolute atomic E-state index is 11.6. The summed E-state index contributed by atoms with van der Waals surface area (Å²) in [7, 11) is 0. The summed E-state index contributed by atoms with van der Waals surface area (Å²) in [5, 5.41) is 0. The second kappa shape index (κ2) is 5.91. The minimum absolute atomic E-state index is 0.0121. The molecule has 1 atom stereocenters. The van der Waals surface area contributed by atoms with Crippen molar-refractivity contribution >= 4 is 33.2 Å². The smallest absolute Gasteiger partial charge is 0.323 e. The predicted molar refractivity (Wildman–Crippen MR) is 78.2 cm³/mol. The Morgan fingerprint density at radius 2 is 2.11 bits per heavy atom. The Balaban J connectivity index is 1.50. The van der Waals surface area contributed by atoms with Crippen LogP contribution in [0.2, 0.25) is 0 Å². The SMILES string of the molecule is O=C1OCCC1N1CCN(Cc2ccc(Br)s2)CC1. The van der Waals surface area contributed by atoms with Crippen LogP contribution in [0.4, 0.5) is 0 Å². The highest BCUT2D eigenvalue weighted by atomic mass is 79.9.